The molecule has 1 aromatic heterocycles. The fourth-order valence-electron chi connectivity index (χ4n) is 3.22. The number of amides is 1. The summed E-state index contributed by atoms with van der Waals surface area (Å²) in [6.45, 7) is 6.90. The minimum atomic E-state index is -4.54. The van der Waals surface area contributed by atoms with E-state index < -0.39 is 17.6 Å². The van der Waals surface area contributed by atoms with Crippen LogP contribution >= 0.6 is 11.3 Å². The van der Waals surface area contributed by atoms with E-state index in [9.17, 15) is 18.0 Å². The predicted molar refractivity (Wildman–Crippen MR) is 103 cm³/mol. The third kappa shape index (κ3) is 4.83. The van der Waals surface area contributed by atoms with Crippen molar-refractivity contribution in [3.8, 4) is 0 Å². The molecule has 27 heavy (non-hydrogen) atoms. The van der Waals surface area contributed by atoms with Gasteiger partial charge >= 0.3 is 6.18 Å². The molecule has 1 amide bonds. The highest BCUT2D eigenvalue weighted by molar-refractivity contribution is 7.10. The molecule has 146 valence electrons. The number of hydrogen-bond donors (Lipinski definition) is 1. The number of carbonyl (C=O) groups excluding carboxylic acids is 1. The van der Waals surface area contributed by atoms with Gasteiger partial charge in [-0.15, -0.1) is 11.3 Å². The molecular weight excluding hydrogens is 373 g/mol. The van der Waals surface area contributed by atoms with Gasteiger partial charge < -0.3 is 10.2 Å². The van der Waals surface area contributed by atoms with E-state index >= 15 is 0 Å². The van der Waals surface area contributed by atoms with E-state index in [2.05, 4.69) is 5.32 Å². The van der Waals surface area contributed by atoms with Crippen molar-refractivity contribution in [1.82, 2.24) is 0 Å². The van der Waals surface area contributed by atoms with Crippen LogP contribution in [-0.2, 0) is 23.9 Å². The third-order valence-corrected chi connectivity index (χ3v) is 5.47. The fraction of sp³-hybridized carbons (Fsp3) is 0.450. The number of hydrogen-bond acceptors (Lipinski definition) is 3. The first-order chi connectivity index (χ1) is 12.5. The number of alkyl halides is 3. The number of carbonyl (C=O) groups is 1. The highest BCUT2D eigenvalue weighted by Crippen LogP contribution is 2.38. The van der Waals surface area contributed by atoms with Crippen LogP contribution in [0.3, 0.4) is 0 Å². The van der Waals surface area contributed by atoms with Crippen molar-refractivity contribution in [2.45, 2.75) is 46.3 Å². The molecule has 0 spiro atoms. The maximum absolute atomic E-state index is 13.6. The monoisotopic (exact) mass is 396 g/mol. The normalized spacial score (nSPS) is 14.8. The summed E-state index contributed by atoms with van der Waals surface area (Å²) in [6.07, 6.45) is -3.55. The number of thiophene rings is 1. The molecule has 3 nitrogen and oxygen atoms in total. The zero-order valence-corrected chi connectivity index (χ0v) is 16.4. The van der Waals surface area contributed by atoms with Gasteiger partial charge in [0.1, 0.15) is 0 Å². The maximum atomic E-state index is 13.6. The van der Waals surface area contributed by atoms with Crippen molar-refractivity contribution < 1.29 is 18.0 Å². The molecule has 0 unspecified atom stereocenters. The Hall–Kier alpha value is -2.02. The van der Waals surface area contributed by atoms with Crippen LogP contribution in [0.1, 0.15) is 43.2 Å². The summed E-state index contributed by atoms with van der Waals surface area (Å²) in [7, 11) is 0. The largest absolute Gasteiger partial charge is 0.418 e. The summed E-state index contributed by atoms with van der Waals surface area (Å²) in [5, 5.41) is 4.46. The first-order valence-corrected chi connectivity index (χ1v) is 9.72. The van der Waals surface area contributed by atoms with E-state index in [4.69, 9.17) is 0 Å². The molecule has 1 aliphatic rings. The van der Waals surface area contributed by atoms with Gasteiger partial charge in [0.15, 0.2) is 0 Å². The summed E-state index contributed by atoms with van der Waals surface area (Å²) in [4.78, 5) is 15.4. The molecule has 1 aromatic carbocycles. The van der Waals surface area contributed by atoms with Crippen LogP contribution in [0, 0.1) is 5.41 Å². The molecule has 1 aliphatic heterocycles. The van der Waals surface area contributed by atoms with Crippen LogP contribution in [0.4, 0.5) is 24.5 Å². The molecule has 0 saturated carbocycles. The Morgan fingerprint density at radius 2 is 1.96 bits per heavy atom. The maximum Gasteiger partial charge on any atom is 0.418 e. The number of nitrogens with zero attached hydrogens (tertiary/aromatic N) is 1. The number of halogens is 3. The van der Waals surface area contributed by atoms with Gasteiger partial charge in [0.05, 0.1) is 11.3 Å². The van der Waals surface area contributed by atoms with Crippen molar-refractivity contribution in [2.24, 2.45) is 5.41 Å². The second kappa shape index (κ2) is 7.19. The van der Waals surface area contributed by atoms with Crippen LogP contribution in [0.2, 0.25) is 0 Å². The lowest BCUT2D eigenvalue weighted by Gasteiger charge is -2.30. The molecule has 0 bridgehead atoms. The molecule has 0 saturated heterocycles. The summed E-state index contributed by atoms with van der Waals surface area (Å²) >= 11 is 1.69. The number of anilines is 2. The van der Waals surface area contributed by atoms with E-state index in [1.54, 1.807) is 17.4 Å². The molecule has 2 aromatic rings. The summed E-state index contributed by atoms with van der Waals surface area (Å²) in [5.74, 6) is -0.415. The SMILES string of the molecule is CC(C)(C)CC(=O)Nc1ccc(N2CCc3sccc3C2)cc1C(F)(F)F. The van der Waals surface area contributed by atoms with Gasteiger partial charge in [0.25, 0.3) is 0 Å². The average molecular weight is 396 g/mol. The lowest BCUT2D eigenvalue weighted by molar-refractivity contribution is -0.136. The molecule has 2 heterocycles. The summed E-state index contributed by atoms with van der Waals surface area (Å²) in [5.41, 5.74) is 0.400. The zero-order chi connectivity index (χ0) is 19.8. The quantitative estimate of drug-likeness (QED) is 0.721. The molecule has 3 rings (SSSR count). The standard InChI is InChI=1S/C20H23F3N2OS/c1-19(2,3)11-18(26)24-16-5-4-14(10-15(16)20(21,22)23)25-8-6-17-13(12-25)7-9-27-17/h4-5,7,9-10H,6,8,11-12H2,1-3H3,(H,24,26). The molecule has 0 radical (unpaired) electrons. The van der Waals surface area contributed by atoms with Crippen molar-refractivity contribution in [2.75, 3.05) is 16.8 Å². The summed E-state index contributed by atoms with van der Waals surface area (Å²) in [6, 6.07) is 6.18. The van der Waals surface area contributed by atoms with Gasteiger partial charge in [-0.25, -0.2) is 0 Å². The predicted octanol–water partition coefficient (Wildman–Crippen LogP) is 5.70. The van der Waals surface area contributed by atoms with Gasteiger partial charge in [-0.1, -0.05) is 20.8 Å². The van der Waals surface area contributed by atoms with Crippen molar-refractivity contribution in [3.63, 3.8) is 0 Å². The van der Waals surface area contributed by atoms with Gasteiger partial charge in [-0.2, -0.15) is 13.2 Å². The van der Waals surface area contributed by atoms with Crippen LogP contribution in [-0.4, -0.2) is 12.5 Å². The highest BCUT2D eigenvalue weighted by Gasteiger charge is 2.35. The second-order valence-electron chi connectivity index (χ2n) is 8.05. The van der Waals surface area contributed by atoms with Gasteiger partial charge in [0.2, 0.25) is 5.91 Å². The number of fused-ring (bicyclic) bond motifs is 1. The molecule has 0 aliphatic carbocycles. The van der Waals surface area contributed by atoms with E-state index in [1.165, 1.54) is 16.5 Å². The molecule has 0 atom stereocenters. The first-order valence-electron chi connectivity index (χ1n) is 8.84. The summed E-state index contributed by atoms with van der Waals surface area (Å²) < 4.78 is 40.8. The Morgan fingerprint density at radius 3 is 2.63 bits per heavy atom. The molecular formula is C20H23F3N2OS. The van der Waals surface area contributed by atoms with Crippen molar-refractivity contribution >= 4 is 28.6 Å². The number of benzene rings is 1. The van der Waals surface area contributed by atoms with Gasteiger partial charge in [-0.05, 0) is 47.0 Å². The van der Waals surface area contributed by atoms with Crippen LogP contribution in [0.25, 0.3) is 0 Å². The average Bonchev–Trinajstić information content (AvgIpc) is 2.99. The van der Waals surface area contributed by atoms with Crippen molar-refractivity contribution in [3.05, 3.63) is 45.6 Å². The Bertz CT molecular complexity index is 836. The Morgan fingerprint density at radius 1 is 1.22 bits per heavy atom. The van der Waals surface area contributed by atoms with Crippen LogP contribution in [0.15, 0.2) is 29.6 Å². The third-order valence-electron chi connectivity index (χ3n) is 4.45. The Labute approximate surface area is 161 Å². The van der Waals surface area contributed by atoms with E-state index in [1.807, 2.05) is 37.1 Å². The molecule has 7 heteroatoms. The molecule has 0 fully saturated rings. The van der Waals surface area contributed by atoms with Crippen LogP contribution < -0.4 is 10.2 Å². The zero-order valence-electron chi connectivity index (χ0n) is 15.6. The minimum Gasteiger partial charge on any atom is -0.367 e. The first kappa shape index (κ1) is 19.7. The highest BCUT2D eigenvalue weighted by atomic mass is 32.1. The van der Waals surface area contributed by atoms with E-state index in [-0.39, 0.29) is 17.5 Å². The van der Waals surface area contributed by atoms with Crippen LogP contribution in [0.5, 0.6) is 0 Å². The van der Waals surface area contributed by atoms with Gasteiger partial charge in [-0.3, -0.25) is 4.79 Å². The van der Waals surface area contributed by atoms with E-state index in [0.717, 1.165) is 12.5 Å². The Kier molecular flexibility index (Phi) is 5.25. The fourth-order valence-corrected chi connectivity index (χ4v) is 4.11. The lowest BCUT2D eigenvalue weighted by atomic mass is 9.92. The van der Waals surface area contributed by atoms with Gasteiger partial charge in [0, 0.05) is 30.1 Å². The van der Waals surface area contributed by atoms with E-state index in [0.29, 0.717) is 18.8 Å². The second-order valence-corrected chi connectivity index (χ2v) is 9.05. The smallest absolute Gasteiger partial charge is 0.367 e. The number of rotatable bonds is 3. The number of nitrogens with one attached hydrogen (secondary N) is 1. The lowest BCUT2D eigenvalue weighted by Crippen LogP contribution is -2.29. The topological polar surface area (TPSA) is 32.3 Å². The Balaban J connectivity index is 1.86. The molecule has 1 N–H and O–H groups in total. The minimum absolute atomic E-state index is 0.152. The van der Waals surface area contributed by atoms with Crippen molar-refractivity contribution in [1.29, 1.82) is 0 Å².